The molecule has 0 unspecified atom stereocenters. The zero-order valence-corrected chi connectivity index (χ0v) is 38.6. The Balaban J connectivity index is 0.965. The fourth-order valence-electron chi connectivity index (χ4n) is 9.36. The molecule has 0 saturated carbocycles. The summed E-state index contributed by atoms with van der Waals surface area (Å²) in [6, 6.07) is 74.9. The van der Waals surface area contributed by atoms with E-state index in [1.807, 2.05) is 54.6 Å². The third-order valence-corrected chi connectivity index (χ3v) is 12.8. The number of methoxy groups -OCH3 is 3. The molecule has 12 aromatic rings. The molecule has 338 valence electrons. The van der Waals surface area contributed by atoms with E-state index >= 15 is 0 Å². The summed E-state index contributed by atoms with van der Waals surface area (Å²) < 4.78 is 23.1. The van der Waals surface area contributed by atoms with Crippen LogP contribution in [0, 0.1) is 0 Å². The van der Waals surface area contributed by atoms with Gasteiger partial charge in [0.15, 0.2) is 0 Å². The molecule has 0 amide bonds. The first kappa shape index (κ1) is 42.0. The van der Waals surface area contributed by atoms with Crippen LogP contribution in [0.1, 0.15) is 0 Å². The average molecular weight is 912 g/mol. The number of rotatable bonds is 12. The van der Waals surface area contributed by atoms with E-state index in [0.29, 0.717) is 0 Å². The molecule has 12 rings (SSSR count). The number of hydrogen-bond acceptors (Lipinski definition) is 7. The van der Waals surface area contributed by atoms with Gasteiger partial charge in [-0.15, -0.1) is 0 Å². The molecule has 0 spiro atoms. The summed E-state index contributed by atoms with van der Waals surface area (Å²) >= 11 is 0. The summed E-state index contributed by atoms with van der Waals surface area (Å²) in [6.45, 7) is 0. The van der Waals surface area contributed by atoms with Gasteiger partial charge in [0.05, 0.1) is 54.4 Å². The second-order valence-electron chi connectivity index (χ2n) is 16.8. The first-order chi connectivity index (χ1) is 34.5. The molecule has 9 aromatic carbocycles. The van der Waals surface area contributed by atoms with Gasteiger partial charge in [0.2, 0.25) is 0 Å². The van der Waals surface area contributed by atoms with E-state index in [4.69, 9.17) is 29.2 Å². The van der Waals surface area contributed by atoms with E-state index in [1.54, 1.807) is 21.3 Å². The lowest BCUT2D eigenvalue weighted by Gasteiger charge is -2.26. The van der Waals surface area contributed by atoms with Crippen LogP contribution in [0.2, 0.25) is 0 Å². The van der Waals surface area contributed by atoms with E-state index in [0.717, 1.165) is 119 Å². The summed E-state index contributed by atoms with van der Waals surface area (Å²) in [5.41, 5.74) is 14.7. The second-order valence-corrected chi connectivity index (χ2v) is 16.8. The van der Waals surface area contributed by atoms with Gasteiger partial charge in [0.1, 0.15) is 34.7 Å². The van der Waals surface area contributed by atoms with E-state index in [1.165, 1.54) is 0 Å². The molecule has 10 heteroatoms. The molecule has 70 heavy (non-hydrogen) atoms. The van der Waals surface area contributed by atoms with Crippen molar-refractivity contribution in [1.82, 2.24) is 28.7 Å². The Morgan fingerprint density at radius 1 is 0.300 bits per heavy atom. The van der Waals surface area contributed by atoms with E-state index < -0.39 is 0 Å². The van der Waals surface area contributed by atoms with Crippen LogP contribution >= 0.6 is 0 Å². The maximum Gasteiger partial charge on any atom is 0.145 e. The van der Waals surface area contributed by atoms with Crippen LogP contribution < -0.4 is 19.1 Å². The number of anilines is 3. The van der Waals surface area contributed by atoms with Gasteiger partial charge in [-0.25, -0.2) is 15.0 Å². The van der Waals surface area contributed by atoms with Gasteiger partial charge in [0, 0.05) is 50.8 Å². The number of aromatic nitrogens is 6. The normalized spacial score (nSPS) is 11.4. The molecule has 3 heterocycles. The summed E-state index contributed by atoms with van der Waals surface area (Å²) in [4.78, 5) is 17.8. The third-order valence-electron chi connectivity index (χ3n) is 12.8. The van der Waals surface area contributed by atoms with Crippen molar-refractivity contribution < 1.29 is 14.2 Å². The van der Waals surface area contributed by atoms with Crippen LogP contribution in [0.3, 0.4) is 0 Å². The molecule has 0 aliphatic rings. The summed E-state index contributed by atoms with van der Waals surface area (Å²) in [7, 11) is 5.05. The maximum absolute atomic E-state index is 5.50. The number of fused-ring (bicyclic) bond motifs is 3. The highest BCUT2D eigenvalue weighted by molar-refractivity contribution is 5.88. The van der Waals surface area contributed by atoms with Crippen molar-refractivity contribution in [2.75, 3.05) is 26.2 Å². The summed E-state index contributed by atoms with van der Waals surface area (Å²) in [5, 5.41) is 0. The topological polar surface area (TPSA) is 84.4 Å². The van der Waals surface area contributed by atoms with Crippen molar-refractivity contribution in [2.45, 2.75) is 0 Å². The van der Waals surface area contributed by atoms with Crippen molar-refractivity contribution in [3.63, 3.8) is 0 Å². The second kappa shape index (κ2) is 17.7. The predicted octanol–water partition coefficient (Wildman–Crippen LogP) is 14.2. The van der Waals surface area contributed by atoms with Gasteiger partial charge in [0.25, 0.3) is 0 Å². The fourth-order valence-corrected chi connectivity index (χ4v) is 9.36. The molecule has 0 aliphatic heterocycles. The monoisotopic (exact) mass is 911 g/mol. The van der Waals surface area contributed by atoms with Crippen molar-refractivity contribution in [3.05, 3.63) is 218 Å². The molecule has 0 bridgehead atoms. The zero-order valence-electron chi connectivity index (χ0n) is 38.6. The summed E-state index contributed by atoms with van der Waals surface area (Å²) in [5.74, 6) is 4.93. The Morgan fingerprint density at radius 3 is 0.814 bits per heavy atom. The SMILES string of the molecule is COc1ccc(-n2c(-c3ccc(N(c4ccc(-c5nc6ccccc6n5-c5ccc(OC)cc5)cc4)c4ccc(-c5nc6ccccc6n5-c5ccc(OC)cc5)cc4)cc3)nc3ccccc32)cc1. The minimum atomic E-state index is 0.798. The van der Waals surface area contributed by atoms with E-state index in [2.05, 4.69) is 182 Å². The molecule has 0 saturated heterocycles. The quantitative estimate of drug-likeness (QED) is 0.121. The van der Waals surface area contributed by atoms with Gasteiger partial charge in [-0.1, -0.05) is 36.4 Å². The average Bonchev–Trinajstić information content (AvgIpc) is 4.14. The Kier molecular flexibility index (Phi) is 10.6. The van der Waals surface area contributed by atoms with Crippen LogP contribution in [0.4, 0.5) is 17.1 Å². The van der Waals surface area contributed by atoms with Crippen LogP contribution in [-0.4, -0.2) is 50.0 Å². The van der Waals surface area contributed by atoms with Crippen LogP contribution in [-0.2, 0) is 0 Å². The third kappa shape index (κ3) is 7.44. The smallest absolute Gasteiger partial charge is 0.145 e. The van der Waals surface area contributed by atoms with Gasteiger partial charge in [-0.05, 0) is 182 Å². The fraction of sp³-hybridized carbons (Fsp3) is 0.0500. The van der Waals surface area contributed by atoms with Crippen LogP contribution in [0.15, 0.2) is 218 Å². The lowest BCUT2D eigenvalue weighted by molar-refractivity contribution is 0.414. The standard InChI is InChI=1S/C60H45N7O3/c1-68-49-34-28-46(29-35-49)65-55-13-7-4-10-52(55)61-58(65)40-16-22-43(23-17-40)64(44-24-18-41(19-25-44)59-62-53-11-5-8-14-56(53)66(59)47-30-36-50(69-2)37-31-47)45-26-20-42(21-27-45)60-63-54-12-6-9-15-57(54)67(60)48-32-38-51(70-3)39-33-48/h4-39H,1-3H3. The highest BCUT2D eigenvalue weighted by Crippen LogP contribution is 2.40. The number of para-hydroxylation sites is 6. The molecule has 0 fully saturated rings. The molecular formula is C60H45N7O3. The van der Waals surface area contributed by atoms with Gasteiger partial charge in [-0.3, -0.25) is 13.7 Å². The van der Waals surface area contributed by atoms with Crippen molar-refractivity contribution in [1.29, 1.82) is 0 Å². The predicted molar refractivity (Wildman–Crippen MR) is 281 cm³/mol. The van der Waals surface area contributed by atoms with Gasteiger partial charge in [-0.2, -0.15) is 0 Å². The lowest BCUT2D eigenvalue weighted by atomic mass is 10.1. The molecule has 3 aromatic heterocycles. The Morgan fingerprint density at radius 2 is 0.557 bits per heavy atom. The highest BCUT2D eigenvalue weighted by Gasteiger charge is 2.21. The van der Waals surface area contributed by atoms with Crippen LogP contribution in [0.5, 0.6) is 17.2 Å². The minimum absolute atomic E-state index is 0.798. The lowest BCUT2D eigenvalue weighted by Crippen LogP contribution is -2.10. The Labute approximate surface area is 404 Å². The largest absolute Gasteiger partial charge is 0.497 e. The van der Waals surface area contributed by atoms with Gasteiger partial charge < -0.3 is 19.1 Å². The number of ether oxygens (including phenoxy) is 3. The number of imidazole rings is 3. The first-order valence-corrected chi connectivity index (χ1v) is 23.0. The van der Waals surface area contributed by atoms with Crippen molar-refractivity contribution >= 4 is 50.2 Å². The number of benzene rings is 9. The first-order valence-electron chi connectivity index (χ1n) is 23.0. The highest BCUT2D eigenvalue weighted by atomic mass is 16.5. The molecule has 0 aliphatic carbocycles. The summed E-state index contributed by atoms with van der Waals surface area (Å²) in [6.07, 6.45) is 0. The van der Waals surface area contributed by atoms with E-state index in [-0.39, 0.29) is 0 Å². The van der Waals surface area contributed by atoms with Crippen LogP contribution in [0.25, 0.3) is 84.3 Å². The maximum atomic E-state index is 5.50. The Hall–Kier alpha value is -9.41. The Bertz CT molecular complexity index is 3400. The molecular weight excluding hydrogens is 867 g/mol. The number of nitrogens with zero attached hydrogens (tertiary/aromatic N) is 7. The zero-order chi connectivity index (χ0) is 47.1. The number of hydrogen-bond donors (Lipinski definition) is 0. The van der Waals surface area contributed by atoms with Crippen molar-refractivity contribution in [2.24, 2.45) is 0 Å². The molecule has 0 atom stereocenters. The molecule has 0 radical (unpaired) electrons. The van der Waals surface area contributed by atoms with Crippen molar-refractivity contribution in [3.8, 4) is 68.5 Å². The van der Waals surface area contributed by atoms with Gasteiger partial charge >= 0.3 is 0 Å². The van der Waals surface area contributed by atoms with E-state index in [9.17, 15) is 0 Å². The molecule has 0 N–H and O–H groups in total. The molecule has 10 nitrogen and oxygen atoms in total. The minimum Gasteiger partial charge on any atom is -0.497 e.